The molecule has 7 heteroatoms. The van der Waals surface area contributed by atoms with Gasteiger partial charge in [0.1, 0.15) is 11.6 Å². The second-order valence-corrected chi connectivity index (χ2v) is 9.88. The first-order valence-electron chi connectivity index (χ1n) is 10.7. The van der Waals surface area contributed by atoms with Crippen molar-refractivity contribution >= 4 is 34.9 Å². The summed E-state index contributed by atoms with van der Waals surface area (Å²) >= 11 is 5.50. The molecule has 0 aliphatic carbocycles. The fourth-order valence-corrected chi connectivity index (χ4v) is 4.49. The lowest BCUT2D eigenvalue weighted by Gasteiger charge is -2.36. The van der Waals surface area contributed by atoms with Crippen LogP contribution in [0.2, 0.25) is 0 Å². The summed E-state index contributed by atoms with van der Waals surface area (Å²) in [6.07, 6.45) is 6.24. The Kier molecular flexibility index (Phi) is 6.63. The minimum atomic E-state index is -0.103. The van der Waals surface area contributed by atoms with Gasteiger partial charge in [-0.25, -0.2) is 0 Å². The van der Waals surface area contributed by atoms with Gasteiger partial charge in [-0.15, -0.1) is 0 Å². The van der Waals surface area contributed by atoms with E-state index in [0.29, 0.717) is 23.0 Å². The summed E-state index contributed by atoms with van der Waals surface area (Å²) in [5.74, 6) is 3.30. The molecule has 3 heterocycles. The maximum Gasteiger partial charge on any atom is 0.232 e. The van der Waals surface area contributed by atoms with Crippen LogP contribution in [0, 0.1) is 5.92 Å². The summed E-state index contributed by atoms with van der Waals surface area (Å²) in [5, 5.41) is 7.09. The highest BCUT2D eigenvalue weighted by Crippen LogP contribution is 2.29. The predicted molar refractivity (Wildman–Crippen MR) is 122 cm³/mol. The minimum absolute atomic E-state index is 0.103. The van der Waals surface area contributed by atoms with E-state index in [1.807, 2.05) is 0 Å². The van der Waals surface area contributed by atoms with E-state index < -0.39 is 0 Å². The third-order valence-electron chi connectivity index (χ3n) is 5.49. The van der Waals surface area contributed by atoms with Crippen LogP contribution in [0.3, 0.4) is 0 Å². The molecule has 0 radical (unpaired) electrons. The number of aromatic nitrogens is 2. The molecular formula is C21H36N6S. The molecule has 0 aromatic carbocycles. The maximum absolute atomic E-state index is 5.50. The highest BCUT2D eigenvalue weighted by molar-refractivity contribution is 7.80. The molecule has 0 spiro atoms. The monoisotopic (exact) mass is 404 g/mol. The average Bonchev–Trinajstić information content (AvgIpc) is 2.60. The number of rotatable bonds is 3. The molecule has 2 aliphatic rings. The fourth-order valence-electron chi connectivity index (χ4n) is 4.10. The molecule has 2 fully saturated rings. The molecule has 156 valence electrons. The normalized spacial score (nSPS) is 23.5. The predicted octanol–water partition coefficient (Wildman–Crippen LogP) is 4.18. The van der Waals surface area contributed by atoms with Crippen molar-refractivity contribution in [1.82, 2.24) is 15.3 Å². The van der Waals surface area contributed by atoms with Gasteiger partial charge in [0.15, 0.2) is 5.11 Å². The maximum atomic E-state index is 5.50. The van der Waals surface area contributed by atoms with Crippen LogP contribution in [0.5, 0.6) is 0 Å². The molecule has 0 unspecified atom stereocenters. The van der Waals surface area contributed by atoms with Gasteiger partial charge in [-0.1, -0.05) is 6.92 Å². The third kappa shape index (κ3) is 5.69. The van der Waals surface area contributed by atoms with E-state index in [9.17, 15) is 0 Å². The molecule has 2 aliphatic heterocycles. The lowest BCUT2D eigenvalue weighted by atomic mass is 10.0. The molecule has 6 nitrogen and oxygen atoms in total. The Bertz CT molecular complexity index is 686. The average molecular weight is 405 g/mol. The molecule has 1 aromatic heterocycles. The molecule has 2 atom stereocenters. The SMILES string of the molecule is C[C@H]1CCCN(c2cc(N3CCCC[C@H]3C)nc(NC(=S)NC(C)(C)C)n2)C1. The number of nitrogens with one attached hydrogen (secondary N) is 2. The molecule has 28 heavy (non-hydrogen) atoms. The van der Waals surface area contributed by atoms with Crippen LogP contribution in [-0.2, 0) is 0 Å². The number of piperidine rings is 2. The summed E-state index contributed by atoms with van der Waals surface area (Å²) < 4.78 is 0. The summed E-state index contributed by atoms with van der Waals surface area (Å²) in [5.41, 5.74) is -0.103. The second-order valence-electron chi connectivity index (χ2n) is 9.47. The number of thiocarbonyl (C=S) groups is 1. The number of nitrogens with zero attached hydrogens (tertiary/aromatic N) is 4. The first-order chi connectivity index (χ1) is 13.2. The van der Waals surface area contributed by atoms with E-state index in [4.69, 9.17) is 22.2 Å². The quantitative estimate of drug-likeness (QED) is 0.733. The highest BCUT2D eigenvalue weighted by atomic mass is 32.1. The number of hydrogen-bond donors (Lipinski definition) is 2. The molecule has 2 saturated heterocycles. The number of hydrogen-bond acceptors (Lipinski definition) is 5. The van der Waals surface area contributed by atoms with Crippen molar-refractivity contribution in [2.24, 2.45) is 5.92 Å². The van der Waals surface area contributed by atoms with Gasteiger partial charge in [0.25, 0.3) is 0 Å². The zero-order chi connectivity index (χ0) is 20.3. The molecule has 2 N–H and O–H groups in total. The first kappa shape index (κ1) is 21.1. The summed E-state index contributed by atoms with van der Waals surface area (Å²) in [4.78, 5) is 14.5. The Balaban J connectivity index is 1.88. The van der Waals surface area contributed by atoms with E-state index in [0.717, 1.165) is 31.3 Å². The van der Waals surface area contributed by atoms with Crippen LogP contribution in [-0.4, -0.2) is 46.3 Å². The van der Waals surface area contributed by atoms with Gasteiger partial charge in [-0.3, -0.25) is 0 Å². The highest BCUT2D eigenvalue weighted by Gasteiger charge is 2.24. The van der Waals surface area contributed by atoms with Gasteiger partial charge in [-0.05, 0) is 77.9 Å². The van der Waals surface area contributed by atoms with E-state index >= 15 is 0 Å². The molecular weight excluding hydrogens is 368 g/mol. The van der Waals surface area contributed by atoms with Crippen molar-refractivity contribution in [1.29, 1.82) is 0 Å². The van der Waals surface area contributed by atoms with E-state index in [-0.39, 0.29) is 5.54 Å². The zero-order valence-corrected chi connectivity index (χ0v) is 18.9. The zero-order valence-electron chi connectivity index (χ0n) is 18.1. The summed E-state index contributed by atoms with van der Waals surface area (Å²) in [6.45, 7) is 14.1. The van der Waals surface area contributed by atoms with Gasteiger partial charge in [-0.2, -0.15) is 9.97 Å². The summed E-state index contributed by atoms with van der Waals surface area (Å²) in [6, 6.07) is 2.68. The van der Waals surface area contributed by atoms with Crippen LogP contribution in [0.15, 0.2) is 6.07 Å². The van der Waals surface area contributed by atoms with Gasteiger partial charge >= 0.3 is 0 Å². The van der Waals surface area contributed by atoms with Gasteiger partial charge in [0, 0.05) is 37.3 Å². The Hall–Kier alpha value is -1.63. The molecule has 0 bridgehead atoms. The van der Waals surface area contributed by atoms with E-state index in [1.165, 1.54) is 32.1 Å². The van der Waals surface area contributed by atoms with Crippen molar-refractivity contribution < 1.29 is 0 Å². The van der Waals surface area contributed by atoms with Gasteiger partial charge in [0.2, 0.25) is 5.95 Å². The topological polar surface area (TPSA) is 56.3 Å². The third-order valence-corrected chi connectivity index (χ3v) is 5.70. The standard InChI is InChI=1S/C21H36N6S/c1-15-9-8-11-26(14-15)17-13-18(27-12-7-6-10-16(27)2)23-19(22-17)24-20(28)25-21(3,4)5/h13,15-16H,6-12,14H2,1-5H3,(H2,22,23,24,25,28)/t15-,16+/m0/s1. The van der Waals surface area contributed by atoms with Crippen molar-refractivity contribution in [2.45, 2.75) is 78.3 Å². The smallest absolute Gasteiger partial charge is 0.232 e. The van der Waals surface area contributed by atoms with Gasteiger partial charge in [0.05, 0.1) is 0 Å². The van der Waals surface area contributed by atoms with E-state index in [2.05, 4.69) is 61.1 Å². The van der Waals surface area contributed by atoms with Crippen molar-refractivity contribution in [3.05, 3.63) is 6.07 Å². The van der Waals surface area contributed by atoms with Crippen molar-refractivity contribution in [3.8, 4) is 0 Å². The van der Waals surface area contributed by atoms with Crippen LogP contribution in [0.25, 0.3) is 0 Å². The Morgan fingerprint density at radius 3 is 2.50 bits per heavy atom. The fraction of sp³-hybridized carbons (Fsp3) is 0.762. The number of anilines is 3. The molecule has 1 aromatic rings. The largest absolute Gasteiger partial charge is 0.358 e. The van der Waals surface area contributed by atoms with E-state index in [1.54, 1.807) is 0 Å². The molecule has 0 saturated carbocycles. The Morgan fingerprint density at radius 1 is 1.07 bits per heavy atom. The van der Waals surface area contributed by atoms with Crippen LogP contribution in [0.4, 0.5) is 17.6 Å². The second kappa shape index (κ2) is 8.80. The first-order valence-corrected chi connectivity index (χ1v) is 11.1. The van der Waals surface area contributed by atoms with Crippen LogP contribution < -0.4 is 20.4 Å². The van der Waals surface area contributed by atoms with Crippen molar-refractivity contribution in [2.75, 3.05) is 34.8 Å². The lowest BCUT2D eigenvalue weighted by Crippen LogP contribution is -2.43. The lowest BCUT2D eigenvalue weighted by molar-refractivity contribution is 0.444. The van der Waals surface area contributed by atoms with Gasteiger partial charge < -0.3 is 20.4 Å². The Morgan fingerprint density at radius 2 is 1.82 bits per heavy atom. The van der Waals surface area contributed by atoms with Crippen molar-refractivity contribution in [3.63, 3.8) is 0 Å². The Labute approximate surface area is 175 Å². The summed E-state index contributed by atoms with van der Waals surface area (Å²) in [7, 11) is 0. The molecule has 0 amide bonds. The minimum Gasteiger partial charge on any atom is -0.358 e. The van der Waals surface area contributed by atoms with Crippen LogP contribution >= 0.6 is 12.2 Å². The molecule has 3 rings (SSSR count). The van der Waals surface area contributed by atoms with Crippen LogP contribution in [0.1, 0.15) is 66.7 Å².